The Kier molecular flexibility index (Phi) is 5.49. The van der Waals surface area contributed by atoms with E-state index in [9.17, 15) is 4.79 Å². The topological polar surface area (TPSA) is 80.0 Å². The van der Waals surface area contributed by atoms with Crippen molar-refractivity contribution < 1.29 is 9.90 Å². The molecule has 0 aliphatic carbocycles. The highest BCUT2D eigenvalue weighted by Crippen LogP contribution is 2.15. The van der Waals surface area contributed by atoms with Crippen LogP contribution < -0.4 is 5.32 Å². The summed E-state index contributed by atoms with van der Waals surface area (Å²) < 4.78 is 1.68. The first-order valence-electron chi connectivity index (χ1n) is 7.69. The van der Waals surface area contributed by atoms with Crippen molar-refractivity contribution in [3.05, 3.63) is 23.8 Å². The van der Waals surface area contributed by atoms with Crippen LogP contribution in [0.2, 0.25) is 0 Å². The van der Waals surface area contributed by atoms with E-state index in [4.69, 9.17) is 5.11 Å². The highest BCUT2D eigenvalue weighted by molar-refractivity contribution is 5.97. The minimum absolute atomic E-state index is 0.112. The summed E-state index contributed by atoms with van der Waals surface area (Å²) in [5.41, 5.74) is 2.19. The Labute approximate surface area is 130 Å². The van der Waals surface area contributed by atoms with E-state index in [1.165, 1.54) is 0 Å². The van der Waals surface area contributed by atoms with E-state index in [0.717, 1.165) is 11.9 Å². The Morgan fingerprint density at radius 3 is 2.86 bits per heavy atom. The number of aryl methyl sites for hydroxylation is 1. The number of aromatic nitrogens is 3. The average Bonchev–Trinajstić information content (AvgIpc) is 2.85. The first-order valence-corrected chi connectivity index (χ1v) is 7.69. The van der Waals surface area contributed by atoms with Gasteiger partial charge in [0.1, 0.15) is 5.52 Å². The maximum atomic E-state index is 12.3. The second-order valence-electron chi connectivity index (χ2n) is 6.13. The van der Waals surface area contributed by atoms with Crippen molar-refractivity contribution in [3.63, 3.8) is 0 Å². The number of amides is 1. The predicted octanol–water partition coefficient (Wildman–Crippen LogP) is 1.74. The fourth-order valence-electron chi connectivity index (χ4n) is 2.67. The molecule has 1 aromatic carbocycles. The highest BCUT2D eigenvalue weighted by atomic mass is 16.3. The molecule has 0 bridgehead atoms. The van der Waals surface area contributed by atoms with Crippen LogP contribution in [-0.4, -0.2) is 39.2 Å². The molecule has 0 saturated carbocycles. The summed E-state index contributed by atoms with van der Waals surface area (Å²) in [5, 5.41) is 20.0. The van der Waals surface area contributed by atoms with E-state index >= 15 is 0 Å². The molecule has 6 heteroatoms. The van der Waals surface area contributed by atoms with Crippen molar-refractivity contribution in [2.24, 2.45) is 18.9 Å². The van der Waals surface area contributed by atoms with Crippen molar-refractivity contribution in [2.45, 2.75) is 26.7 Å². The summed E-state index contributed by atoms with van der Waals surface area (Å²) in [7, 11) is 1.82. The van der Waals surface area contributed by atoms with E-state index in [1.807, 2.05) is 13.1 Å². The molecule has 1 amide bonds. The SMILES string of the molecule is CC(C)CC(CCO)CNC(=O)c1ccc2c(c1)nnn2C. The fraction of sp³-hybridized carbons (Fsp3) is 0.562. The quantitative estimate of drug-likeness (QED) is 0.816. The van der Waals surface area contributed by atoms with Gasteiger partial charge in [-0.3, -0.25) is 4.79 Å². The molecule has 6 nitrogen and oxygen atoms in total. The van der Waals surface area contributed by atoms with Crippen LogP contribution in [-0.2, 0) is 7.05 Å². The molecule has 0 fully saturated rings. The van der Waals surface area contributed by atoms with Crippen LogP contribution in [0.1, 0.15) is 37.0 Å². The number of carbonyl (C=O) groups excluding carboxylic acids is 1. The van der Waals surface area contributed by atoms with Crippen LogP contribution >= 0.6 is 0 Å². The molecule has 0 radical (unpaired) electrons. The largest absolute Gasteiger partial charge is 0.396 e. The molecule has 2 rings (SSSR count). The normalized spacial score (nSPS) is 12.8. The molecule has 1 heterocycles. The second kappa shape index (κ2) is 7.35. The minimum atomic E-state index is -0.112. The van der Waals surface area contributed by atoms with Crippen LogP contribution in [0.3, 0.4) is 0 Å². The molecule has 0 aliphatic heterocycles. The molecule has 22 heavy (non-hydrogen) atoms. The Hall–Kier alpha value is -1.95. The molecular formula is C16H24N4O2. The minimum Gasteiger partial charge on any atom is -0.396 e. The maximum Gasteiger partial charge on any atom is 0.251 e. The smallest absolute Gasteiger partial charge is 0.251 e. The van der Waals surface area contributed by atoms with E-state index in [-0.39, 0.29) is 12.5 Å². The number of fused-ring (bicyclic) bond motifs is 1. The van der Waals surface area contributed by atoms with Gasteiger partial charge in [-0.2, -0.15) is 0 Å². The van der Waals surface area contributed by atoms with Gasteiger partial charge in [0.15, 0.2) is 0 Å². The summed E-state index contributed by atoms with van der Waals surface area (Å²) in [6, 6.07) is 5.38. The number of benzene rings is 1. The van der Waals surface area contributed by atoms with Crippen molar-refractivity contribution in [2.75, 3.05) is 13.2 Å². The van der Waals surface area contributed by atoms with E-state index in [1.54, 1.807) is 16.8 Å². The lowest BCUT2D eigenvalue weighted by atomic mass is 9.94. The number of hydrogen-bond acceptors (Lipinski definition) is 4. The first kappa shape index (κ1) is 16.4. The number of nitrogens with zero attached hydrogens (tertiary/aromatic N) is 3. The summed E-state index contributed by atoms with van der Waals surface area (Å²) in [6.45, 7) is 5.03. The summed E-state index contributed by atoms with van der Waals surface area (Å²) >= 11 is 0. The Bertz CT molecular complexity index is 636. The van der Waals surface area contributed by atoms with Gasteiger partial charge in [-0.15, -0.1) is 5.10 Å². The van der Waals surface area contributed by atoms with Crippen molar-refractivity contribution >= 4 is 16.9 Å². The number of aliphatic hydroxyl groups excluding tert-OH is 1. The monoisotopic (exact) mass is 304 g/mol. The molecular weight excluding hydrogens is 280 g/mol. The van der Waals surface area contributed by atoms with Gasteiger partial charge < -0.3 is 10.4 Å². The lowest BCUT2D eigenvalue weighted by Crippen LogP contribution is -2.30. The third-order valence-electron chi connectivity index (χ3n) is 3.77. The third-order valence-corrected chi connectivity index (χ3v) is 3.77. The van der Waals surface area contributed by atoms with Crippen LogP contribution in [0.25, 0.3) is 11.0 Å². The van der Waals surface area contributed by atoms with Gasteiger partial charge >= 0.3 is 0 Å². The molecule has 0 saturated heterocycles. The molecule has 2 N–H and O–H groups in total. The molecule has 0 aliphatic rings. The van der Waals surface area contributed by atoms with Crippen molar-refractivity contribution in [1.29, 1.82) is 0 Å². The van der Waals surface area contributed by atoms with Gasteiger partial charge in [0.05, 0.1) is 5.52 Å². The highest BCUT2D eigenvalue weighted by Gasteiger charge is 2.14. The summed E-state index contributed by atoms with van der Waals surface area (Å²) in [4.78, 5) is 12.3. The van der Waals surface area contributed by atoms with E-state index < -0.39 is 0 Å². The van der Waals surface area contributed by atoms with Crippen molar-refractivity contribution in [3.8, 4) is 0 Å². The number of rotatable bonds is 7. The zero-order valence-electron chi connectivity index (χ0n) is 13.4. The molecule has 0 spiro atoms. The lowest BCUT2D eigenvalue weighted by molar-refractivity contribution is 0.0941. The molecule has 1 atom stereocenters. The number of aliphatic hydroxyl groups is 1. The Balaban J connectivity index is 2.00. The first-order chi connectivity index (χ1) is 10.5. The lowest BCUT2D eigenvalue weighted by Gasteiger charge is -2.18. The predicted molar refractivity (Wildman–Crippen MR) is 85.5 cm³/mol. The standard InChI is InChI=1S/C16H24N4O2/c1-11(2)8-12(6-7-21)10-17-16(22)13-4-5-15-14(9-13)18-19-20(15)3/h4-5,9,11-12,21H,6-8,10H2,1-3H3,(H,17,22). The summed E-state index contributed by atoms with van der Waals surface area (Å²) in [5.74, 6) is 0.734. The van der Waals surface area contributed by atoms with Gasteiger partial charge in [0.2, 0.25) is 0 Å². The number of carbonyl (C=O) groups is 1. The maximum absolute atomic E-state index is 12.3. The second-order valence-corrected chi connectivity index (χ2v) is 6.13. The number of hydrogen-bond donors (Lipinski definition) is 2. The molecule has 2 aromatic rings. The fourth-order valence-corrected chi connectivity index (χ4v) is 2.67. The summed E-state index contributed by atoms with van der Waals surface area (Å²) in [6.07, 6.45) is 1.70. The van der Waals surface area contributed by atoms with Gasteiger partial charge in [-0.05, 0) is 42.9 Å². The van der Waals surface area contributed by atoms with Gasteiger partial charge in [-0.1, -0.05) is 19.1 Å². The Morgan fingerprint density at radius 1 is 1.41 bits per heavy atom. The Morgan fingerprint density at radius 2 is 2.18 bits per heavy atom. The number of nitrogens with one attached hydrogen (secondary N) is 1. The van der Waals surface area contributed by atoms with Crippen LogP contribution in [0.15, 0.2) is 18.2 Å². The molecule has 1 aromatic heterocycles. The molecule has 120 valence electrons. The van der Waals surface area contributed by atoms with Gasteiger partial charge in [-0.25, -0.2) is 4.68 Å². The zero-order chi connectivity index (χ0) is 16.1. The van der Waals surface area contributed by atoms with E-state index in [2.05, 4.69) is 29.5 Å². The van der Waals surface area contributed by atoms with Crippen molar-refractivity contribution in [1.82, 2.24) is 20.3 Å². The average molecular weight is 304 g/mol. The third kappa shape index (κ3) is 4.04. The van der Waals surface area contributed by atoms with Gasteiger partial charge in [0, 0.05) is 25.8 Å². The van der Waals surface area contributed by atoms with Crippen LogP contribution in [0, 0.1) is 11.8 Å². The zero-order valence-corrected chi connectivity index (χ0v) is 13.4. The van der Waals surface area contributed by atoms with Gasteiger partial charge in [0.25, 0.3) is 5.91 Å². The van der Waals surface area contributed by atoms with Crippen LogP contribution in [0.4, 0.5) is 0 Å². The van der Waals surface area contributed by atoms with E-state index in [0.29, 0.717) is 35.9 Å². The van der Waals surface area contributed by atoms with Crippen LogP contribution in [0.5, 0.6) is 0 Å². The molecule has 1 unspecified atom stereocenters.